The maximum Gasteiger partial charge on any atom is 0.217 e. The van der Waals surface area contributed by atoms with Gasteiger partial charge in [0.2, 0.25) is 5.91 Å². The first-order valence-corrected chi connectivity index (χ1v) is 9.62. The highest BCUT2D eigenvalue weighted by Crippen LogP contribution is 2.21. The summed E-state index contributed by atoms with van der Waals surface area (Å²) >= 11 is 1.63. The number of carbonyl (C=O) groups excluding carboxylic acids is 1. The van der Waals surface area contributed by atoms with Crippen molar-refractivity contribution in [3.05, 3.63) is 59.8 Å². The maximum atomic E-state index is 11.1. The van der Waals surface area contributed by atoms with Crippen molar-refractivity contribution >= 4 is 17.7 Å². The number of hydrogen-bond acceptors (Lipinski definition) is 6. The second-order valence-electron chi connectivity index (χ2n) is 5.98. The lowest BCUT2D eigenvalue weighted by molar-refractivity contribution is -0.118. The number of furan rings is 1. The van der Waals surface area contributed by atoms with E-state index in [1.54, 1.807) is 25.1 Å². The summed E-state index contributed by atoms with van der Waals surface area (Å²) in [6, 6.07) is 11.8. The number of aromatic nitrogens is 3. The van der Waals surface area contributed by atoms with Crippen LogP contribution in [-0.2, 0) is 24.2 Å². The molecule has 0 spiro atoms. The fourth-order valence-electron chi connectivity index (χ4n) is 2.62. The summed E-state index contributed by atoms with van der Waals surface area (Å²) in [5.41, 5.74) is 6.50. The molecule has 1 amide bonds. The number of methoxy groups -OCH3 is 1. The SMILES string of the molecule is COc1ccc(CCSc2nnc(CCC(N)=O)n2Cc2ccco2)cc1. The molecule has 0 aliphatic heterocycles. The van der Waals surface area contributed by atoms with E-state index in [0.717, 1.165) is 34.7 Å². The molecule has 2 heterocycles. The van der Waals surface area contributed by atoms with E-state index < -0.39 is 0 Å². The molecule has 27 heavy (non-hydrogen) atoms. The minimum absolute atomic E-state index is 0.243. The number of rotatable bonds is 10. The Bertz CT molecular complexity index is 860. The van der Waals surface area contributed by atoms with Crippen molar-refractivity contribution in [1.29, 1.82) is 0 Å². The van der Waals surface area contributed by atoms with Crippen LogP contribution in [-0.4, -0.2) is 33.5 Å². The first-order chi connectivity index (χ1) is 13.2. The molecular formula is C19H22N4O3S. The Hall–Kier alpha value is -2.74. The molecule has 0 aliphatic carbocycles. The number of carbonyl (C=O) groups is 1. The molecule has 0 aliphatic rings. The van der Waals surface area contributed by atoms with Gasteiger partial charge in [0.25, 0.3) is 0 Å². The minimum Gasteiger partial charge on any atom is -0.497 e. The van der Waals surface area contributed by atoms with Gasteiger partial charge < -0.3 is 14.9 Å². The van der Waals surface area contributed by atoms with E-state index >= 15 is 0 Å². The van der Waals surface area contributed by atoms with Gasteiger partial charge in [0.05, 0.1) is 19.9 Å². The molecule has 0 saturated heterocycles. The van der Waals surface area contributed by atoms with Gasteiger partial charge in [-0.15, -0.1) is 10.2 Å². The van der Waals surface area contributed by atoms with Crippen LogP contribution in [0.4, 0.5) is 0 Å². The zero-order valence-electron chi connectivity index (χ0n) is 15.1. The summed E-state index contributed by atoms with van der Waals surface area (Å²) in [4.78, 5) is 11.1. The van der Waals surface area contributed by atoms with E-state index in [2.05, 4.69) is 22.3 Å². The molecule has 142 valence electrons. The van der Waals surface area contributed by atoms with Crippen molar-refractivity contribution in [1.82, 2.24) is 14.8 Å². The summed E-state index contributed by atoms with van der Waals surface area (Å²) < 4.78 is 12.6. The predicted molar refractivity (Wildman–Crippen MR) is 103 cm³/mol. The zero-order chi connectivity index (χ0) is 19.1. The van der Waals surface area contributed by atoms with Gasteiger partial charge in [0.1, 0.15) is 17.3 Å². The lowest BCUT2D eigenvalue weighted by Gasteiger charge is -2.08. The molecule has 0 radical (unpaired) electrons. The van der Waals surface area contributed by atoms with E-state index in [4.69, 9.17) is 14.9 Å². The molecular weight excluding hydrogens is 364 g/mol. The van der Waals surface area contributed by atoms with Gasteiger partial charge in [-0.1, -0.05) is 23.9 Å². The Morgan fingerprint density at radius 2 is 2.04 bits per heavy atom. The van der Waals surface area contributed by atoms with Crippen LogP contribution in [0, 0.1) is 0 Å². The monoisotopic (exact) mass is 386 g/mol. The van der Waals surface area contributed by atoms with Crippen LogP contribution in [0.15, 0.2) is 52.2 Å². The number of nitrogens with two attached hydrogens (primary N) is 1. The maximum absolute atomic E-state index is 11.1. The molecule has 0 unspecified atom stereocenters. The van der Waals surface area contributed by atoms with Gasteiger partial charge in [0.15, 0.2) is 5.16 Å². The summed E-state index contributed by atoms with van der Waals surface area (Å²) in [7, 11) is 1.66. The Morgan fingerprint density at radius 3 is 2.70 bits per heavy atom. The van der Waals surface area contributed by atoms with Crippen molar-refractivity contribution in [2.75, 3.05) is 12.9 Å². The molecule has 1 aromatic carbocycles. The smallest absolute Gasteiger partial charge is 0.217 e. The van der Waals surface area contributed by atoms with Crippen molar-refractivity contribution < 1.29 is 13.9 Å². The molecule has 8 heteroatoms. The lowest BCUT2D eigenvalue weighted by atomic mass is 10.2. The van der Waals surface area contributed by atoms with Crippen molar-refractivity contribution in [2.45, 2.75) is 31.0 Å². The predicted octanol–water partition coefficient (Wildman–Crippen LogP) is 2.68. The largest absolute Gasteiger partial charge is 0.497 e. The van der Waals surface area contributed by atoms with E-state index in [0.29, 0.717) is 13.0 Å². The Morgan fingerprint density at radius 1 is 1.22 bits per heavy atom. The van der Waals surface area contributed by atoms with Crippen LogP contribution >= 0.6 is 11.8 Å². The first-order valence-electron chi connectivity index (χ1n) is 8.64. The second-order valence-corrected chi connectivity index (χ2v) is 7.04. The number of ether oxygens (including phenoxy) is 1. The van der Waals surface area contributed by atoms with Gasteiger partial charge >= 0.3 is 0 Å². The topological polar surface area (TPSA) is 96.2 Å². The minimum atomic E-state index is -0.351. The highest BCUT2D eigenvalue weighted by molar-refractivity contribution is 7.99. The number of hydrogen-bond donors (Lipinski definition) is 1. The quantitative estimate of drug-likeness (QED) is 0.538. The molecule has 7 nitrogen and oxygen atoms in total. The van der Waals surface area contributed by atoms with E-state index in [-0.39, 0.29) is 12.3 Å². The molecule has 0 saturated carbocycles. The number of benzene rings is 1. The highest BCUT2D eigenvalue weighted by atomic mass is 32.2. The fraction of sp³-hybridized carbons (Fsp3) is 0.316. The lowest BCUT2D eigenvalue weighted by Crippen LogP contribution is -2.14. The summed E-state index contributed by atoms with van der Waals surface area (Å²) in [6.07, 6.45) is 3.24. The molecule has 0 atom stereocenters. The van der Waals surface area contributed by atoms with Crippen molar-refractivity contribution in [3.8, 4) is 5.75 Å². The van der Waals surface area contributed by atoms with Gasteiger partial charge in [-0.3, -0.25) is 9.36 Å². The molecule has 3 rings (SSSR count). The third-order valence-corrected chi connectivity index (χ3v) is 5.03. The van der Waals surface area contributed by atoms with E-state index in [9.17, 15) is 4.79 Å². The Kier molecular flexibility index (Phi) is 6.54. The van der Waals surface area contributed by atoms with E-state index in [1.807, 2.05) is 28.8 Å². The Balaban J connectivity index is 1.66. The van der Waals surface area contributed by atoms with Crippen molar-refractivity contribution in [2.24, 2.45) is 5.73 Å². The van der Waals surface area contributed by atoms with Crippen molar-refractivity contribution in [3.63, 3.8) is 0 Å². The number of nitrogens with zero attached hydrogens (tertiary/aromatic N) is 3. The van der Waals surface area contributed by atoms with Crippen LogP contribution in [0.1, 0.15) is 23.6 Å². The summed E-state index contributed by atoms with van der Waals surface area (Å²) in [5.74, 6) is 2.91. The van der Waals surface area contributed by atoms with E-state index in [1.165, 1.54) is 5.56 Å². The third kappa shape index (κ3) is 5.37. The third-order valence-electron chi connectivity index (χ3n) is 4.06. The normalized spacial score (nSPS) is 10.9. The average molecular weight is 386 g/mol. The van der Waals surface area contributed by atoms with Crippen LogP contribution in [0.3, 0.4) is 0 Å². The van der Waals surface area contributed by atoms with Crippen LogP contribution in [0.2, 0.25) is 0 Å². The number of amides is 1. The number of primary amides is 1. The first kappa shape index (κ1) is 19.0. The number of aryl methyl sites for hydroxylation is 2. The van der Waals surface area contributed by atoms with Crippen LogP contribution in [0.25, 0.3) is 0 Å². The van der Waals surface area contributed by atoms with Gasteiger partial charge in [-0.25, -0.2) is 0 Å². The summed E-state index contributed by atoms with van der Waals surface area (Å²) in [5, 5.41) is 9.34. The van der Waals surface area contributed by atoms with Gasteiger partial charge in [-0.2, -0.15) is 0 Å². The molecule has 0 bridgehead atoms. The van der Waals surface area contributed by atoms with Gasteiger partial charge in [0, 0.05) is 18.6 Å². The number of thioether (sulfide) groups is 1. The average Bonchev–Trinajstić information content (AvgIpc) is 3.32. The van der Waals surface area contributed by atoms with Gasteiger partial charge in [-0.05, 0) is 36.2 Å². The fourth-order valence-corrected chi connectivity index (χ4v) is 3.56. The van der Waals surface area contributed by atoms with Crippen LogP contribution < -0.4 is 10.5 Å². The highest BCUT2D eigenvalue weighted by Gasteiger charge is 2.15. The summed E-state index contributed by atoms with van der Waals surface area (Å²) in [6.45, 7) is 0.527. The van der Waals surface area contributed by atoms with Crippen LogP contribution in [0.5, 0.6) is 5.75 Å². The molecule has 0 fully saturated rings. The molecule has 3 aromatic rings. The second kappa shape index (κ2) is 9.27. The molecule has 2 aromatic heterocycles. The standard InChI is InChI=1S/C19H22N4O3S/c1-25-15-6-4-14(5-7-15)10-12-27-19-22-21-18(9-8-17(20)24)23(19)13-16-3-2-11-26-16/h2-7,11H,8-10,12-13H2,1H3,(H2,20,24). The zero-order valence-corrected chi connectivity index (χ0v) is 15.9. The Labute approximate surface area is 161 Å². The molecule has 2 N–H and O–H groups in total.